The Bertz CT molecular complexity index is 1320. The molecule has 4 rings (SSSR count). The number of aryl methyl sites for hydroxylation is 1. The molecule has 0 spiro atoms. The van der Waals surface area contributed by atoms with Gasteiger partial charge in [0, 0.05) is 41.6 Å². The number of aromatic nitrogens is 3. The minimum absolute atomic E-state index is 0.0949. The third-order valence-corrected chi connectivity index (χ3v) is 5.51. The molecule has 0 atom stereocenters. The Morgan fingerprint density at radius 1 is 1.00 bits per heavy atom. The van der Waals surface area contributed by atoms with E-state index in [0.29, 0.717) is 11.3 Å². The molecule has 0 radical (unpaired) electrons. The Kier molecular flexibility index (Phi) is 4.28. The normalized spacial score (nSPS) is 12.6. The zero-order valence-electron chi connectivity index (χ0n) is 15.1. The number of nitrogens with two attached hydrogens (primary N) is 1. The summed E-state index contributed by atoms with van der Waals surface area (Å²) in [6, 6.07) is 12.6. The van der Waals surface area contributed by atoms with Crippen molar-refractivity contribution in [2.75, 3.05) is 0 Å². The van der Waals surface area contributed by atoms with Crippen molar-refractivity contribution in [1.29, 1.82) is 0 Å². The van der Waals surface area contributed by atoms with E-state index in [1.54, 1.807) is 29.9 Å². The monoisotopic (exact) mass is 420 g/mol. The average molecular weight is 420 g/mol. The van der Waals surface area contributed by atoms with Crippen LogP contribution in [0.25, 0.3) is 28.0 Å². The second-order valence-corrected chi connectivity index (χ2v) is 8.09. The van der Waals surface area contributed by atoms with E-state index in [4.69, 9.17) is 5.14 Å². The molecule has 29 heavy (non-hydrogen) atoms. The fourth-order valence-electron chi connectivity index (χ4n) is 3.22. The van der Waals surface area contributed by atoms with Crippen molar-refractivity contribution in [3.63, 3.8) is 0 Å². The van der Waals surface area contributed by atoms with Crippen LogP contribution in [-0.2, 0) is 23.2 Å². The van der Waals surface area contributed by atoms with Crippen molar-refractivity contribution in [3.8, 4) is 17.1 Å². The fourth-order valence-corrected chi connectivity index (χ4v) is 3.74. The van der Waals surface area contributed by atoms with Gasteiger partial charge in [0.1, 0.15) is 5.82 Å². The van der Waals surface area contributed by atoms with Crippen LogP contribution in [0.15, 0.2) is 65.8 Å². The van der Waals surface area contributed by atoms with Crippen LogP contribution < -0.4 is 5.14 Å². The van der Waals surface area contributed by atoms with Gasteiger partial charge in [-0.3, -0.25) is 4.57 Å². The molecular formula is C19H15F3N4O2S. The van der Waals surface area contributed by atoms with E-state index in [9.17, 15) is 21.6 Å². The molecule has 10 heteroatoms. The van der Waals surface area contributed by atoms with Crippen molar-refractivity contribution in [3.05, 3.63) is 66.6 Å². The Labute approximate surface area is 164 Å². The second kappa shape index (κ2) is 6.46. The third-order valence-electron chi connectivity index (χ3n) is 4.58. The lowest BCUT2D eigenvalue weighted by Crippen LogP contribution is -2.12. The minimum Gasteiger partial charge on any atom is -0.350 e. The van der Waals surface area contributed by atoms with Crippen LogP contribution in [0.5, 0.6) is 0 Å². The standard InChI is InChI=1S/C19H15F3N4O2S/c1-25-10-15(14-4-2-3-5-16(14)25)18-24-17(19(20,21)22)11-26(18)12-6-8-13(9-7-12)29(23,27)28/h2-11H,1H3,(H2,23,27,28). The number of imidazole rings is 1. The molecule has 2 N–H and O–H groups in total. The summed E-state index contributed by atoms with van der Waals surface area (Å²) >= 11 is 0. The molecule has 0 saturated carbocycles. The first-order chi connectivity index (χ1) is 13.6. The zero-order chi connectivity index (χ0) is 21.0. The van der Waals surface area contributed by atoms with Crippen molar-refractivity contribution in [2.45, 2.75) is 11.1 Å². The number of primary sulfonamides is 1. The summed E-state index contributed by atoms with van der Waals surface area (Å²) in [5, 5.41) is 5.84. The van der Waals surface area contributed by atoms with Crippen molar-refractivity contribution in [2.24, 2.45) is 12.2 Å². The minimum atomic E-state index is -4.63. The highest BCUT2D eigenvalue weighted by atomic mass is 32.2. The number of alkyl halides is 3. The summed E-state index contributed by atoms with van der Waals surface area (Å²) in [5.74, 6) is 0.0949. The van der Waals surface area contributed by atoms with Gasteiger partial charge >= 0.3 is 6.18 Å². The number of halogens is 3. The molecule has 0 aliphatic heterocycles. The number of fused-ring (bicyclic) bond motifs is 1. The van der Waals surface area contributed by atoms with Gasteiger partial charge in [0.2, 0.25) is 10.0 Å². The molecule has 0 fully saturated rings. The van der Waals surface area contributed by atoms with Gasteiger partial charge in [0.05, 0.1) is 4.90 Å². The fraction of sp³-hybridized carbons (Fsp3) is 0.105. The SMILES string of the molecule is Cn1cc(-c2nc(C(F)(F)F)cn2-c2ccc(S(N)(=O)=O)cc2)c2ccccc21. The van der Waals surface area contributed by atoms with Gasteiger partial charge in [-0.05, 0) is 30.3 Å². The van der Waals surface area contributed by atoms with E-state index in [0.717, 1.165) is 17.1 Å². The van der Waals surface area contributed by atoms with Gasteiger partial charge in [-0.1, -0.05) is 18.2 Å². The molecule has 0 amide bonds. The summed E-state index contributed by atoms with van der Waals surface area (Å²) in [6.45, 7) is 0. The molecular weight excluding hydrogens is 405 g/mol. The maximum absolute atomic E-state index is 13.4. The van der Waals surface area contributed by atoms with E-state index in [2.05, 4.69) is 4.98 Å². The smallest absolute Gasteiger partial charge is 0.350 e. The van der Waals surface area contributed by atoms with Crippen molar-refractivity contribution >= 4 is 20.9 Å². The van der Waals surface area contributed by atoms with E-state index in [1.165, 1.54) is 28.8 Å². The highest BCUT2D eigenvalue weighted by Crippen LogP contribution is 2.35. The Morgan fingerprint density at radius 2 is 1.66 bits per heavy atom. The molecule has 6 nitrogen and oxygen atoms in total. The van der Waals surface area contributed by atoms with E-state index < -0.39 is 21.9 Å². The number of hydrogen-bond acceptors (Lipinski definition) is 3. The second-order valence-electron chi connectivity index (χ2n) is 6.53. The lowest BCUT2D eigenvalue weighted by molar-refractivity contribution is -0.140. The zero-order valence-corrected chi connectivity index (χ0v) is 15.9. The maximum atomic E-state index is 13.4. The molecule has 150 valence electrons. The Balaban J connectivity index is 1.96. The highest BCUT2D eigenvalue weighted by molar-refractivity contribution is 7.89. The first-order valence-corrected chi connectivity index (χ1v) is 9.94. The first kappa shape index (κ1) is 19.2. The molecule has 0 saturated heterocycles. The van der Waals surface area contributed by atoms with Crippen molar-refractivity contribution in [1.82, 2.24) is 14.1 Å². The van der Waals surface area contributed by atoms with Crippen LogP contribution in [0.1, 0.15) is 5.69 Å². The maximum Gasteiger partial charge on any atom is 0.434 e. The van der Waals surface area contributed by atoms with Gasteiger partial charge in [-0.15, -0.1) is 0 Å². The molecule has 2 heterocycles. The molecule has 0 bridgehead atoms. The van der Waals surface area contributed by atoms with Gasteiger partial charge in [0.15, 0.2) is 5.69 Å². The van der Waals surface area contributed by atoms with E-state index >= 15 is 0 Å². The highest BCUT2D eigenvalue weighted by Gasteiger charge is 2.35. The van der Waals surface area contributed by atoms with Crippen LogP contribution in [0.4, 0.5) is 13.2 Å². The number of benzene rings is 2. The summed E-state index contributed by atoms with van der Waals surface area (Å²) < 4.78 is 66.1. The Hall–Kier alpha value is -3.11. The summed E-state index contributed by atoms with van der Waals surface area (Å²) in [6.07, 6.45) is -2.03. The summed E-state index contributed by atoms with van der Waals surface area (Å²) in [5.41, 5.74) is 0.642. The predicted octanol–water partition coefficient (Wildman–Crippen LogP) is 3.70. The molecule has 0 unspecified atom stereocenters. The van der Waals surface area contributed by atoms with Gasteiger partial charge in [-0.2, -0.15) is 13.2 Å². The molecule has 2 aromatic heterocycles. The Morgan fingerprint density at radius 3 is 2.28 bits per heavy atom. The lowest BCUT2D eigenvalue weighted by Gasteiger charge is -2.08. The van der Waals surface area contributed by atoms with Crippen LogP contribution in [0, 0.1) is 0 Å². The quantitative estimate of drug-likeness (QED) is 0.549. The van der Waals surface area contributed by atoms with E-state index in [1.807, 2.05) is 12.1 Å². The van der Waals surface area contributed by atoms with Gasteiger partial charge in [-0.25, -0.2) is 18.5 Å². The predicted molar refractivity (Wildman–Crippen MR) is 102 cm³/mol. The lowest BCUT2D eigenvalue weighted by atomic mass is 10.1. The van der Waals surface area contributed by atoms with Crippen LogP contribution in [-0.4, -0.2) is 22.5 Å². The van der Waals surface area contributed by atoms with Gasteiger partial charge in [0.25, 0.3) is 0 Å². The molecule has 4 aromatic rings. The van der Waals surface area contributed by atoms with Crippen LogP contribution >= 0.6 is 0 Å². The summed E-state index contributed by atoms with van der Waals surface area (Å²) in [7, 11) is -2.12. The van der Waals surface area contributed by atoms with E-state index in [-0.39, 0.29) is 10.7 Å². The van der Waals surface area contributed by atoms with Gasteiger partial charge < -0.3 is 4.57 Å². The molecule has 2 aromatic carbocycles. The topological polar surface area (TPSA) is 82.9 Å². The number of para-hydroxylation sites is 1. The van der Waals surface area contributed by atoms with Crippen LogP contribution in [0.2, 0.25) is 0 Å². The summed E-state index contributed by atoms with van der Waals surface area (Å²) in [4.78, 5) is 3.71. The number of rotatable bonds is 3. The number of hydrogen-bond donors (Lipinski definition) is 1. The first-order valence-electron chi connectivity index (χ1n) is 8.40. The number of nitrogens with zero attached hydrogens (tertiary/aromatic N) is 3. The number of sulfonamides is 1. The molecule has 0 aliphatic carbocycles. The average Bonchev–Trinajstić information content (AvgIpc) is 3.23. The van der Waals surface area contributed by atoms with Crippen molar-refractivity contribution < 1.29 is 21.6 Å². The largest absolute Gasteiger partial charge is 0.434 e. The third kappa shape index (κ3) is 3.40. The molecule has 0 aliphatic rings. The van der Waals surface area contributed by atoms with Crippen LogP contribution in [0.3, 0.4) is 0 Å².